The number of hydrogen-bond donors (Lipinski definition) is 1. The standard InChI is InChI=1S/C22H22F2N2O2S/c23-15-5-6-16(18(24)13-15)22(28)26-10-7-14(8-11-26)21(27)25-19-9-12-29-20-4-2-1-3-17(19)20/h1-6,13-14,19H,7-12H2,(H,25,27)/t19-/m0/s1. The van der Waals surface area contributed by atoms with E-state index in [-0.39, 0.29) is 23.4 Å². The Morgan fingerprint density at radius 2 is 1.79 bits per heavy atom. The molecule has 2 heterocycles. The second-order valence-corrected chi connectivity index (χ2v) is 8.56. The third-order valence-corrected chi connectivity index (χ3v) is 6.71. The zero-order valence-corrected chi connectivity index (χ0v) is 16.7. The Bertz CT molecular complexity index is 929. The Morgan fingerprint density at radius 1 is 1.03 bits per heavy atom. The first kappa shape index (κ1) is 19.9. The van der Waals surface area contributed by atoms with E-state index < -0.39 is 17.5 Å². The molecule has 2 aliphatic rings. The second kappa shape index (κ2) is 8.53. The molecule has 152 valence electrons. The van der Waals surface area contributed by atoms with Crippen molar-refractivity contribution >= 4 is 23.6 Å². The van der Waals surface area contributed by atoms with Crippen LogP contribution in [0.4, 0.5) is 8.78 Å². The van der Waals surface area contributed by atoms with E-state index in [1.54, 1.807) is 0 Å². The molecule has 1 saturated heterocycles. The molecule has 7 heteroatoms. The van der Waals surface area contributed by atoms with Crippen molar-refractivity contribution in [3.63, 3.8) is 0 Å². The SMILES string of the molecule is O=C(N[C@H]1CCSc2ccccc21)C1CCN(C(=O)c2ccc(F)cc2F)CC1. The Kier molecular flexibility index (Phi) is 5.85. The van der Waals surface area contributed by atoms with Gasteiger partial charge in [-0.2, -0.15) is 0 Å². The van der Waals surface area contributed by atoms with E-state index in [1.807, 2.05) is 23.9 Å². The average molecular weight is 416 g/mol. The molecule has 4 rings (SSSR count). The molecular weight excluding hydrogens is 394 g/mol. The quantitative estimate of drug-likeness (QED) is 0.817. The first-order valence-electron chi connectivity index (χ1n) is 9.79. The highest BCUT2D eigenvalue weighted by molar-refractivity contribution is 7.99. The zero-order chi connectivity index (χ0) is 20.4. The van der Waals surface area contributed by atoms with Gasteiger partial charge in [0.2, 0.25) is 5.91 Å². The number of likely N-dealkylation sites (tertiary alicyclic amines) is 1. The van der Waals surface area contributed by atoms with Gasteiger partial charge in [0.25, 0.3) is 5.91 Å². The molecule has 1 fully saturated rings. The van der Waals surface area contributed by atoms with Gasteiger partial charge in [0, 0.05) is 35.7 Å². The van der Waals surface area contributed by atoms with Crippen molar-refractivity contribution in [1.29, 1.82) is 0 Å². The Hall–Kier alpha value is -2.41. The summed E-state index contributed by atoms with van der Waals surface area (Å²) in [6.45, 7) is 0.760. The number of fused-ring (bicyclic) bond motifs is 1. The lowest BCUT2D eigenvalue weighted by atomic mass is 9.94. The van der Waals surface area contributed by atoms with E-state index in [0.717, 1.165) is 23.8 Å². The van der Waals surface area contributed by atoms with Crippen LogP contribution in [0.3, 0.4) is 0 Å². The maximum Gasteiger partial charge on any atom is 0.256 e. The third-order valence-electron chi connectivity index (χ3n) is 5.59. The highest BCUT2D eigenvalue weighted by Crippen LogP contribution is 2.36. The van der Waals surface area contributed by atoms with E-state index in [4.69, 9.17) is 0 Å². The van der Waals surface area contributed by atoms with E-state index in [9.17, 15) is 18.4 Å². The Morgan fingerprint density at radius 3 is 2.55 bits per heavy atom. The number of benzene rings is 2. The molecule has 2 aromatic carbocycles. The molecule has 2 aromatic rings. The lowest BCUT2D eigenvalue weighted by Gasteiger charge is -2.33. The van der Waals surface area contributed by atoms with E-state index in [2.05, 4.69) is 17.4 Å². The summed E-state index contributed by atoms with van der Waals surface area (Å²) in [4.78, 5) is 28.1. The lowest BCUT2D eigenvalue weighted by molar-refractivity contribution is -0.127. The fourth-order valence-corrected chi connectivity index (χ4v) is 5.08. The van der Waals surface area contributed by atoms with Crippen LogP contribution in [0, 0.1) is 17.6 Å². The lowest BCUT2D eigenvalue weighted by Crippen LogP contribution is -2.44. The van der Waals surface area contributed by atoms with E-state index in [0.29, 0.717) is 32.0 Å². The molecule has 0 saturated carbocycles. The van der Waals surface area contributed by atoms with Gasteiger partial charge in [-0.25, -0.2) is 8.78 Å². The predicted octanol–water partition coefficient (Wildman–Crippen LogP) is 4.17. The van der Waals surface area contributed by atoms with Gasteiger partial charge < -0.3 is 10.2 Å². The van der Waals surface area contributed by atoms with Crippen molar-refractivity contribution in [2.45, 2.75) is 30.2 Å². The Balaban J connectivity index is 1.35. The second-order valence-electron chi connectivity index (χ2n) is 7.43. The highest BCUT2D eigenvalue weighted by atomic mass is 32.2. The smallest absolute Gasteiger partial charge is 0.256 e. The third kappa shape index (κ3) is 4.29. The zero-order valence-electron chi connectivity index (χ0n) is 15.9. The monoisotopic (exact) mass is 416 g/mol. The molecule has 0 bridgehead atoms. The maximum absolute atomic E-state index is 13.9. The van der Waals surface area contributed by atoms with Crippen LogP contribution in [0.1, 0.15) is 41.2 Å². The van der Waals surface area contributed by atoms with Crippen molar-refractivity contribution in [2.75, 3.05) is 18.8 Å². The topological polar surface area (TPSA) is 49.4 Å². The van der Waals surface area contributed by atoms with Gasteiger partial charge in [0.1, 0.15) is 11.6 Å². The molecule has 0 aromatic heterocycles. The van der Waals surface area contributed by atoms with Crippen molar-refractivity contribution in [3.05, 3.63) is 65.2 Å². The number of thioether (sulfide) groups is 1. The van der Waals surface area contributed by atoms with Crippen molar-refractivity contribution in [1.82, 2.24) is 10.2 Å². The summed E-state index contributed by atoms with van der Waals surface area (Å²) in [5.74, 6) is -1.21. The largest absolute Gasteiger partial charge is 0.349 e. The summed E-state index contributed by atoms with van der Waals surface area (Å²) in [6.07, 6.45) is 1.96. The predicted molar refractivity (Wildman–Crippen MR) is 108 cm³/mol. The number of carbonyl (C=O) groups excluding carboxylic acids is 2. The van der Waals surface area contributed by atoms with Crippen molar-refractivity contribution < 1.29 is 18.4 Å². The summed E-state index contributed by atoms with van der Waals surface area (Å²) in [6, 6.07) is 11.1. The van der Waals surface area contributed by atoms with E-state index >= 15 is 0 Å². The molecule has 2 aliphatic heterocycles. The van der Waals surface area contributed by atoms with Crippen LogP contribution in [0.5, 0.6) is 0 Å². The molecule has 0 radical (unpaired) electrons. The normalized spacial score (nSPS) is 19.5. The minimum atomic E-state index is -0.858. The van der Waals surface area contributed by atoms with Crippen LogP contribution in [-0.4, -0.2) is 35.6 Å². The van der Waals surface area contributed by atoms with Gasteiger partial charge in [-0.15, -0.1) is 11.8 Å². The summed E-state index contributed by atoms with van der Waals surface area (Å²) >= 11 is 1.81. The van der Waals surface area contributed by atoms with Gasteiger partial charge in [-0.05, 0) is 43.0 Å². The molecule has 1 atom stereocenters. The molecule has 0 spiro atoms. The molecule has 1 N–H and O–H groups in total. The molecule has 0 unspecified atom stereocenters. The van der Waals surface area contributed by atoms with Crippen molar-refractivity contribution in [3.8, 4) is 0 Å². The number of hydrogen-bond acceptors (Lipinski definition) is 3. The number of piperidine rings is 1. The van der Waals surface area contributed by atoms with Gasteiger partial charge in [0.15, 0.2) is 0 Å². The van der Waals surface area contributed by atoms with Crippen LogP contribution in [0.25, 0.3) is 0 Å². The van der Waals surface area contributed by atoms with Gasteiger partial charge in [-0.1, -0.05) is 18.2 Å². The minimum Gasteiger partial charge on any atom is -0.349 e. The molecule has 2 amide bonds. The fraction of sp³-hybridized carbons (Fsp3) is 0.364. The number of halogens is 2. The molecule has 29 heavy (non-hydrogen) atoms. The first-order valence-corrected chi connectivity index (χ1v) is 10.8. The van der Waals surface area contributed by atoms with E-state index in [1.165, 1.54) is 15.9 Å². The molecular formula is C22H22F2N2O2S. The molecule has 4 nitrogen and oxygen atoms in total. The number of nitrogens with zero attached hydrogens (tertiary/aromatic N) is 1. The Labute approximate surface area is 172 Å². The number of carbonyl (C=O) groups is 2. The fourth-order valence-electron chi connectivity index (χ4n) is 3.96. The van der Waals surface area contributed by atoms with Crippen LogP contribution in [0.15, 0.2) is 47.4 Å². The maximum atomic E-state index is 13.9. The van der Waals surface area contributed by atoms with Crippen LogP contribution in [-0.2, 0) is 4.79 Å². The van der Waals surface area contributed by atoms with Crippen LogP contribution < -0.4 is 5.32 Å². The first-order chi connectivity index (χ1) is 14.0. The summed E-state index contributed by atoms with van der Waals surface area (Å²) in [7, 11) is 0. The average Bonchev–Trinajstić information content (AvgIpc) is 2.74. The van der Waals surface area contributed by atoms with Gasteiger partial charge in [0.05, 0.1) is 11.6 Å². The van der Waals surface area contributed by atoms with Crippen LogP contribution >= 0.6 is 11.8 Å². The summed E-state index contributed by atoms with van der Waals surface area (Å²) < 4.78 is 27.0. The minimum absolute atomic E-state index is 0.0109. The van der Waals surface area contributed by atoms with Gasteiger partial charge in [-0.3, -0.25) is 9.59 Å². The number of nitrogens with one attached hydrogen (secondary N) is 1. The number of amides is 2. The number of rotatable bonds is 3. The van der Waals surface area contributed by atoms with Crippen LogP contribution in [0.2, 0.25) is 0 Å². The summed E-state index contributed by atoms with van der Waals surface area (Å²) in [5, 5.41) is 3.18. The highest BCUT2D eigenvalue weighted by Gasteiger charge is 2.31. The van der Waals surface area contributed by atoms with Crippen molar-refractivity contribution in [2.24, 2.45) is 5.92 Å². The molecule has 0 aliphatic carbocycles. The van der Waals surface area contributed by atoms with Gasteiger partial charge >= 0.3 is 0 Å². The summed E-state index contributed by atoms with van der Waals surface area (Å²) in [5.41, 5.74) is 1.03.